The Morgan fingerprint density at radius 2 is 1.96 bits per heavy atom. The molecule has 0 bridgehead atoms. The van der Waals surface area contributed by atoms with E-state index in [0.29, 0.717) is 18.1 Å². The van der Waals surface area contributed by atoms with Gasteiger partial charge in [-0.1, -0.05) is 23.7 Å². The topological polar surface area (TPSA) is 62.3 Å². The number of anilines is 1. The van der Waals surface area contributed by atoms with Crippen LogP contribution in [0.5, 0.6) is 0 Å². The molecule has 0 spiro atoms. The molecular weight excluding hydrogens is 382 g/mol. The highest BCUT2D eigenvalue weighted by molar-refractivity contribution is 7.99. The lowest BCUT2D eigenvalue weighted by molar-refractivity contribution is -0.125. The highest BCUT2D eigenvalue weighted by Crippen LogP contribution is 2.36. The number of rotatable bonds is 5. The molecule has 0 radical (unpaired) electrons. The summed E-state index contributed by atoms with van der Waals surface area (Å²) in [4.78, 5) is 31.1. The molecule has 2 aromatic rings. The number of nitrogens with zero attached hydrogens (tertiary/aromatic N) is 2. The fourth-order valence-electron chi connectivity index (χ4n) is 3.07. The zero-order valence-corrected chi connectivity index (χ0v) is 17.0. The third-order valence-corrected chi connectivity index (χ3v) is 5.57. The van der Waals surface area contributed by atoms with Crippen LogP contribution < -0.4 is 10.2 Å². The number of nitrogens with one attached hydrogen (secondary N) is 1. The minimum Gasteiger partial charge on any atom is -0.352 e. The third-order valence-electron chi connectivity index (χ3n) is 4.37. The Morgan fingerprint density at radius 1 is 1.22 bits per heavy atom. The molecule has 1 aliphatic rings. The molecule has 142 valence electrons. The summed E-state index contributed by atoms with van der Waals surface area (Å²) < 4.78 is 0. The van der Waals surface area contributed by atoms with Crippen LogP contribution >= 0.6 is 23.4 Å². The number of hydrogen-bond donors (Lipinski definition) is 1. The van der Waals surface area contributed by atoms with Crippen LogP contribution in [0, 0.1) is 13.8 Å². The number of pyridine rings is 1. The molecule has 1 aromatic carbocycles. The number of aryl methyl sites for hydroxylation is 2. The van der Waals surface area contributed by atoms with Crippen molar-refractivity contribution in [1.82, 2.24) is 10.3 Å². The molecule has 0 unspecified atom stereocenters. The molecule has 1 N–H and O–H groups in total. The van der Waals surface area contributed by atoms with E-state index in [-0.39, 0.29) is 24.7 Å². The van der Waals surface area contributed by atoms with Gasteiger partial charge >= 0.3 is 0 Å². The van der Waals surface area contributed by atoms with E-state index in [2.05, 4.69) is 10.3 Å². The van der Waals surface area contributed by atoms with E-state index < -0.39 is 0 Å². The predicted octanol–water partition coefficient (Wildman–Crippen LogP) is 3.89. The van der Waals surface area contributed by atoms with Gasteiger partial charge in [-0.2, -0.15) is 0 Å². The quantitative estimate of drug-likeness (QED) is 0.822. The standard InChI is InChI=1S/C20H22ClN3O2S/c1-13-11-14(2)23-20-19(13)24(9-10-27-20)18(26)8-7-17(25)22-12-15-3-5-16(21)6-4-15/h3-6,11H,7-10,12H2,1-2H3,(H,22,25). The summed E-state index contributed by atoms with van der Waals surface area (Å²) in [6.45, 7) is 5.03. The van der Waals surface area contributed by atoms with Gasteiger partial charge in [0.1, 0.15) is 5.03 Å². The van der Waals surface area contributed by atoms with Gasteiger partial charge in [-0.05, 0) is 43.2 Å². The van der Waals surface area contributed by atoms with Crippen LogP contribution in [0.1, 0.15) is 29.7 Å². The maximum absolute atomic E-state index is 12.7. The second-order valence-corrected chi connectivity index (χ2v) is 8.05. The van der Waals surface area contributed by atoms with Crippen molar-refractivity contribution in [3.63, 3.8) is 0 Å². The summed E-state index contributed by atoms with van der Waals surface area (Å²) in [5.74, 6) is 0.646. The Morgan fingerprint density at radius 3 is 2.70 bits per heavy atom. The molecule has 0 atom stereocenters. The summed E-state index contributed by atoms with van der Waals surface area (Å²) in [6.07, 6.45) is 0.355. The Labute approximate surface area is 168 Å². The minimum atomic E-state index is -0.135. The second kappa shape index (κ2) is 8.76. The van der Waals surface area contributed by atoms with Gasteiger partial charge in [0.15, 0.2) is 0 Å². The average molecular weight is 404 g/mol. The summed E-state index contributed by atoms with van der Waals surface area (Å²) in [7, 11) is 0. The number of amides is 2. The van der Waals surface area contributed by atoms with Crippen LogP contribution in [0.4, 0.5) is 5.69 Å². The lowest BCUT2D eigenvalue weighted by atomic mass is 10.1. The average Bonchev–Trinajstić information content (AvgIpc) is 2.64. The van der Waals surface area contributed by atoms with E-state index in [1.807, 2.05) is 32.0 Å². The van der Waals surface area contributed by atoms with Crippen LogP contribution in [-0.4, -0.2) is 29.1 Å². The van der Waals surface area contributed by atoms with E-state index in [9.17, 15) is 9.59 Å². The number of thioether (sulfide) groups is 1. The first-order valence-electron chi connectivity index (χ1n) is 8.86. The van der Waals surface area contributed by atoms with Crippen LogP contribution in [0.3, 0.4) is 0 Å². The van der Waals surface area contributed by atoms with Crippen molar-refractivity contribution in [3.8, 4) is 0 Å². The summed E-state index contributed by atoms with van der Waals surface area (Å²) >= 11 is 7.53. The molecule has 3 rings (SSSR count). The smallest absolute Gasteiger partial charge is 0.227 e. The zero-order chi connectivity index (χ0) is 19.4. The number of carbonyl (C=O) groups excluding carboxylic acids is 2. The van der Waals surface area contributed by atoms with Gasteiger partial charge < -0.3 is 10.2 Å². The molecule has 27 heavy (non-hydrogen) atoms. The van der Waals surface area contributed by atoms with E-state index in [1.54, 1.807) is 28.8 Å². The molecule has 2 amide bonds. The number of aromatic nitrogens is 1. The maximum Gasteiger partial charge on any atom is 0.227 e. The van der Waals surface area contributed by atoms with E-state index in [0.717, 1.165) is 33.3 Å². The number of benzene rings is 1. The van der Waals surface area contributed by atoms with Crippen molar-refractivity contribution in [3.05, 3.63) is 52.2 Å². The number of hydrogen-bond acceptors (Lipinski definition) is 4. The highest BCUT2D eigenvalue weighted by atomic mass is 35.5. The van der Waals surface area contributed by atoms with Crippen molar-refractivity contribution in [2.45, 2.75) is 38.3 Å². The molecule has 0 fully saturated rings. The molecule has 1 aromatic heterocycles. The number of fused-ring (bicyclic) bond motifs is 1. The SMILES string of the molecule is Cc1cc(C)c2c(n1)SCCN2C(=O)CCC(=O)NCc1ccc(Cl)cc1. The van der Waals surface area contributed by atoms with Crippen molar-refractivity contribution in [1.29, 1.82) is 0 Å². The molecular formula is C20H22ClN3O2S. The summed E-state index contributed by atoms with van der Waals surface area (Å²) in [5, 5.41) is 4.41. The van der Waals surface area contributed by atoms with Crippen LogP contribution in [-0.2, 0) is 16.1 Å². The molecule has 0 saturated carbocycles. The van der Waals surface area contributed by atoms with Crippen molar-refractivity contribution in [2.24, 2.45) is 0 Å². The Bertz CT molecular complexity index is 855. The molecule has 2 heterocycles. The first-order valence-corrected chi connectivity index (χ1v) is 10.2. The minimum absolute atomic E-state index is 0.0352. The fourth-order valence-corrected chi connectivity index (χ4v) is 4.28. The van der Waals surface area contributed by atoms with Crippen LogP contribution in [0.2, 0.25) is 5.02 Å². The van der Waals surface area contributed by atoms with Crippen molar-refractivity contribution in [2.75, 3.05) is 17.2 Å². The van der Waals surface area contributed by atoms with Gasteiger partial charge in [-0.15, -0.1) is 11.8 Å². The Hall–Kier alpha value is -2.05. The summed E-state index contributed by atoms with van der Waals surface area (Å²) in [6, 6.07) is 9.30. The van der Waals surface area contributed by atoms with Gasteiger partial charge in [-0.3, -0.25) is 9.59 Å². The third kappa shape index (κ3) is 5.02. The molecule has 1 aliphatic heterocycles. The van der Waals surface area contributed by atoms with Crippen LogP contribution in [0.25, 0.3) is 0 Å². The monoisotopic (exact) mass is 403 g/mol. The normalized spacial score (nSPS) is 13.2. The first-order chi connectivity index (χ1) is 12.9. The lowest BCUT2D eigenvalue weighted by Crippen LogP contribution is -2.37. The zero-order valence-electron chi connectivity index (χ0n) is 15.4. The van der Waals surface area contributed by atoms with Crippen molar-refractivity contribution < 1.29 is 9.59 Å². The molecule has 0 saturated heterocycles. The molecule has 7 heteroatoms. The van der Waals surface area contributed by atoms with Gasteiger partial charge in [0.05, 0.1) is 5.69 Å². The largest absolute Gasteiger partial charge is 0.352 e. The number of halogens is 1. The van der Waals surface area contributed by atoms with Gasteiger partial charge in [0.2, 0.25) is 11.8 Å². The van der Waals surface area contributed by atoms with E-state index >= 15 is 0 Å². The fraction of sp³-hybridized carbons (Fsp3) is 0.350. The highest BCUT2D eigenvalue weighted by Gasteiger charge is 2.26. The Balaban J connectivity index is 1.55. The first kappa shape index (κ1) is 19.7. The number of carbonyl (C=O) groups is 2. The second-order valence-electron chi connectivity index (χ2n) is 6.53. The van der Waals surface area contributed by atoms with Gasteiger partial charge in [-0.25, -0.2) is 4.98 Å². The lowest BCUT2D eigenvalue weighted by Gasteiger charge is -2.30. The van der Waals surface area contributed by atoms with E-state index in [4.69, 9.17) is 11.6 Å². The van der Waals surface area contributed by atoms with Gasteiger partial charge in [0.25, 0.3) is 0 Å². The predicted molar refractivity (Wildman–Crippen MR) is 109 cm³/mol. The Kier molecular flexibility index (Phi) is 6.39. The molecule has 0 aliphatic carbocycles. The maximum atomic E-state index is 12.7. The van der Waals surface area contributed by atoms with Crippen LogP contribution in [0.15, 0.2) is 35.4 Å². The van der Waals surface area contributed by atoms with Crippen molar-refractivity contribution >= 4 is 40.9 Å². The summed E-state index contributed by atoms with van der Waals surface area (Å²) in [5.41, 5.74) is 3.86. The molecule has 5 nitrogen and oxygen atoms in total. The van der Waals surface area contributed by atoms with E-state index in [1.165, 1.54) is 0 Å². The van der Waals surface area contributed by atoms with Gasteiger partial charge in [0, 0.05) is 42.4 Å².